The lowest BCUT2D eigenvalue weighted by Crippen LogP contribution is -2.05. The van der Waals surface area contributed by atoms with Crippen LogP contribution in [0.15, 0.2) is 0 Å². The fourth-order valence-corrected chi connectivity index (χ4v) is 0.981. The maximum absolute atomic E-state index is 8.51. The van der Waals surface area contributed by atoms with Crippen molar-refractivity contribution in [2.75, 3.05) is 6.54 Å². The molecular weight excluding hydrogens is 173 g/mol. The van der Waals surface area contributed by atoms with Crippen molar-refractivity contribution in [2.45, 2.75) is 39.5 Å². The van der Waals surface area contributed by atoms with Gasteiger partial charge in [-0.15, -0.1) is 0 Å². The Labute approximate surface area is 76.6 Å². The third-order valence-electron chi connectivity index (χ3n) is 1.71. The molecule has 0 radical (unpaired) electrons. The Kier molecular flexibility index (Phi) is 16.5. The monoisotopic (exact) mass is 194 g/mol. The summed E-state index contributed by atoms with van der Waals surface area (Å²) >= 11 is 0. The standard InChI is InChI=1S/C8H19N.HO2P/c1-3-4-5-8(2)6-7-9;1-3-2/h8H,3-7,9H2,1-2H3;3H/p+1. The summed E-state index contributed by atoms with van der Waals surface area (Å²) in [6.07, 6.45) is 5.23. The normalized spacial score (nSPS) is 12.0. The van der Waals surface area contributed by atoms with E-state index in [1.165, 1.54) is 25.7 Å². The molecule has 74 valence electrons. The molecule has 0 heterocycles. The van der Waals surface area contributed by atoms with Crippen molar-refractivity contribution in [3.05, 3.63) is 0 Å². The van der Waals surface area contributed by atoms with E-state index in [4.69, 9.17) is 15.2 Å². The second-order valence-corrected chi connectivity index (χ2v) is 3.10. The van der Waals surface area contributed by atoms with Crippen molar-refractivity contribution in [1.29, 1.82) is 0 Å². The first-order chi connectivity index (χ1) is 5.72. The fourth-order valence-electron chi connectivity index (χ4n) is 0.981. The van der Waals surface area contributed by atoms with Crippen LogP contribution in [0, 0.1) is 5.92 Å². The van der Waals surface area contributed by atoms with E-state index in [1.54, 1.807) is 0 Å². The number of rotatable bonds is 5. The van der Waals surface area contributed by atoms with E-state index in [0.717, 1.165) is 12.5 Å². The average molecular weight is 194 g/mol. The maximum Gasteiger partial charge on any atom is 0.491 e. The third kappa shape index (κ3) is 16.5. The summed E-state index contributed by atoms with van der Waals surface area (Å²) in [5, 5.41) is 0. The van der Waals surface area contributed by atoms with Gasteiger partial charge in [0.2, 0.25) is 0 Å². The summed E-state index contributed by atoms with van der Waals surface area (Å²) in [6.45, 7) is 5.36. The van der Waals surface area contributed by atoms with Gasteiger partial charge in [0.05, 0.1) is 0 Å². The van der Waals surface area contributed by atoms with Crippen LogP contribution in [0.1, 0.15) is 39.5 Å². The molecule has 3 nitrogen and oxygen atoms in total. The van der Waals surface area contributed by atoms with Gasteiger partial charge >= 0.3 is 8.69 Å². The van der Waals surface area contributed by atoms with Gasteiger partial charge in [-0.05, 0) is 23.4 Å². The molecule has 2 unspecified atom stereocenters. The van der Waals surface area contributed by atoms with Crippen molar-refractivity contribution in [2.24, 2.45) is 11.7 Å². The molecule has 0 aromatic rings. The molecule has 0 aliphatic heterocycles. The summed E-state index contributed by atoms with van der Waals surface area (Å²) < 4.78 is 8.51. The molecule has 2 atom stereocenters. The minimum atomic E-state index is -1.17. The summed E-state index contributed by atoms with van der Waals surface area (Å²) in [7, 11) is -1.17. The molecule has 0 aliphatic carbocycles. The summed E-state index contributed by atoms with van der Waals surface area (Å²) in [5.41, 5.74) is 5.40. The van der Waals surface area contributed by atoms with Crippen LogP contribution in [0.2, 0.25) is 0 Å². The zero-order valence-electron chi connectivity index (χ0n) is 8.05. The predicted octanol–water partition coefficient (Wildman–Crippen LogP) is 2.08. The van der Waals surface area contributed by atoms with E-state index in [0.29, 0.717) is 0 Å². The zero-order valence-corrected chi connectivity index (χ0v) is 9.05. The quantitative estimate of drug-likeness (QED) is 0.658. The van der Waals surface area contributed by atoms with Gasteiger partial charge in [-0.1, -0.05) is 33.1 Å². The van der Waals surface area contributed by atoms with Crippen molar-refractivity contribution >= 4 is 8.69 Å². The van der Waals surface area contributed by atoms with Crippen LogP contribution >= 0.6 is 8.69 Å². The predicted molar refractivity (Wildman–Crippen MR) is 53.6 cm³/mol. The van der Waals surface area contributed by atoms with E-state index >= 15 is 0 Å². The molecular formula is C8H21NO2P+. The molecule has 3 N–H and O–H groups in total. The topological polar surface area (TPSA) is 63.3 Å². The van der Waals surface area contributed by atoms with Crippen LogP contribution in [0.5, 0.6) is 0 Å². The van der Waals surface area contributed by atoms with Gasteiger partial charge in [0.15, 0.2) is 0 Å². The average Bonchev–Trinajstić information content (AvgIpc) is 2.03. The van der Waals surface area contributed by atoms with Gasteiger partial charge in [-0.2, -0.15) is 4.89 Å². The first kappa shape index (κ1) is 14.5. The van der Waals surface area contributed by atoms with Crippen molar-refractivity contribution < 1.29 is 9.46 Å². The Morgan fingerprint density at radius 1 is 1.50 bits per heavy atom. The summed E-state index contributed by atoms with van der Waals surface area (Å²) in [6, 6.07) is 0. The lowest BCUT2D eigenvalue weighted by Gasteiger charge is -2.06. The molecule has 0 aliphatic rings. The largest absolute Gasteiger partial charge is 0.491 e. The zero-order chi connectivity index (χ0) is 9.82. The fraction of sp³-hybridized carbons (Fsp3) is 1.00. The molecule has 0 spiro atoms. The molecule has 12 heavy (non-hydrogen) atoms. The van der Waals surface area contributed by atoms with Gasteiger partial charge in [0, 0.05) is 0 Å². The third-order valence-corrected chi connectivity index (χ3v) is 1.71. The van der Waals surface area contributed by atoms with E-state index in [9.17, 15) is 0 Å². The molecule has 0 amide bonds. The number of hydrogen-bond acceptors (Lipinski definition) is 2. The molecule has 0 fully saturated rings. The number of nitrogens with two attached hydrogens (primary N) is 1. The highest BCUT2D eigenvalue weighted by Gasteiger charge is 1.97. The Morgan fingerprint density at radius 2 is 2.00 bits per heavy atom. The van der Waals surface area contributed by atoms with E-state index in [1.807, 2.05) is 0 Å². The number of hydrogen-bond donors (Lipinski definition) is 2. The highest BCUT2D eigenvalue weighted by Crippen LogP contribution is 2.09. The van der Waals surface area contributed by atoms with Crippen molar-refractivity contribution in [3.63, 3.8) is 0 Å². The van der Waals surface area contributed by atoms with Gasteiger partial charge < -0.3 is 5.73 Å². The highest BCUT2D eigenvalue weighted by molar-refractivity contribution is 7.16. The minimum absolute atomic E-state index is 0.843. The molecule has 0 aromatic carbocycles. The molecule has 0 aromatic heterocycles. The van der Waals surface area contributed by atoms with Crippen LogP contribution < -0.4 is 5.73 Å². The lowest BCUT2D eigenvalue weighted by molar-refractivity contribution is 0.478. The van der Waals surface area contributed by atoms with Crippen LogP contribution in [0.4, 0.5) is 0 Å². The van der Waals surface area contributed by atoms with Gasteiger partial charge in [0.25, 0.3) is 0 Å². The first-order valence-electron chi connectivity index (χ1n) is 4.44. The Bertz CT molecular complexity index is 91.1. The Morgan fingerprint density at radius 3 is 2.33 bits per heavy atom. The highest BCUT2D eigenvalue weighted by atomic mass is 31.1. The van der Waals surface area contributed by atoms with Crippen molar-refractivity contribution in [1.82, 2.24) is 0 Å². The summed E-state index contributed by atoms with van der Waals surface area (Å²) in [5.74, 6) is 0.843. The molecule has 0 bridgehead atoms. The van der Waals surface area contributed by atoms with E-state index in [2.05, 4.69) is 13.8 Å². The van der Waals surface area contributed by atoms with Crippen LogP contribution in [-0.2, 0) is 4.57 Å². The second-order valence-electron chi connectivity index (χ2n) is 2.92. The van der Waals surface area contributed by atoms with Crippen LogP contribution in [0.3, 0.4) is 0 Å². The van der Waals surface area contributed by atoms with E-state index < -0.39 is 8.69 Å². The Hall–Kier alpha value is 0.0200. The number of unbranched alkanes of at least 4 members (excludes halogenated alkanes) is 1. The molecule has 0 rings (SSSR count). The van der Waals surface area contributed by atoms with Crippen LogP contribution in [0.25, 0.3) is 0 Å². The second kappa shape index (κ2) is 13.6. The minimum Gasteiger partial charge on any atom is -0.330 e. The molecule has 0 saturated heterocycles. The SMILES string of the molecule is CCCCC(C)CCN.O=[PH+]O. The Balaban J connectivity index is 0. The molecule has 0 saturated carbocycles. The van der Waals surface area contributed by atoms with Gasteiger partial charge in [-0.25, -0.2) is 0 Å². The first-order valence-corrected chi connectivity index (χ1v) is 5.29. The van der Waals surface area contributed by atoms with E-state index in [-0.39, 0.29) is 0 Å². The van der Waals surface area contributed by atoms with Gasteiger partial charge in [0.1, 0.15) is 0 Å². The molecule has 4 heteroatoms. The van der Waals surface area contributed by atoms with Crippen molar-refractivity contribution in [3.8, 4) is 0 Å². The summed E-state index contributed by atoms with van der Waals surface area (Å²) in [4.78, 5) is 7.04. The van der Waals surface area contributed by atoms with Gasteiger partial charge in [-0.3, -0.25) is 0 Å². The van der Waals surface area contributed by atoms with Crippen LogP contribution in [-0.4, -0.2) is 11.4 Å². The maximum atomic E-state index is 8.51. The lowest BCUT2D eigenvalue weighted by atomic mass is 10.0. The smallest absolute Gasteiger partial charge is 0.330 e.